The minimum Gasteiger partial charge on any atom is -0.299 e. The highest BCUT2D eigenvalue weighted by atomic mass is 15.2. The van der Waals surface area contributed by atoms with Crippen LogP contribution in [0, 0.1) is 5.41 Å². The van der Waals surface area contributed by atoms with E-state index >= 15 is 0 Å². The van der Waals surface area contributed by atoms with Crippen molar-refractivity contribution in [1.29, 1.82) is 0 Å². The second-order valence-corrected chi connectivity index (χ2v) is 7.70. The Kier molecular flexibility index (Phi) is 5.09. The topological polar surface area (TPSA) is 32.3 Å². The lowest BCUT2D eigenvalue weighted by Gasteiger charge is -2.46. The number of piperidine rings is 2. The van der Waals surface area contributed by atoms with Gasteiger partial charge in [0.2, 0.25) is 0 Å². The van der Waals surface area contributed by atoms with Crippen molar-refractivity contribution in [2.75, 3.05) is 26.2 Å². The molecule has 4 nitrogen and oxygen atoms in total. The number of hydrogen-bond donors (Lipinski definition) is 0. The van der Waals surface area contributed by atoms with Gasteiger partial charge in [-0.25, -0.2) is 9.97 Å². The van der Waals surface area contributed by atoms with E-state index in [9.17, 15) is 0 Å². The number of aromatic nitrogens is 2. The van der Waals surface area contributed by atoms with Gasteiger partial charge in [0.15, 0.2) is 0 Å². The molecule has 0 atom stereocenters. The highest BCUT2D eigenvalue weighted by Gasteiger charge is 2.37. The smallest absolute Gasteiger partial charge is 0.142 e. The molecule has 2 fully saturated rings. The highest BCUT2D eigenvalue weighted by Crippen LogP contribution is 2.41. The van der Waals surface area contributed by atoms with E-state index in [1.807, 2.05) is 18.5 Å². The summed E-state index contributed by atoms with van der Waals surface area (Å²) in [6, 6.07) is 12.8. The average Bonchev–Trinajstić information content (AvgIpc) is 2.68. The molecule has 0 radical (unpaired) electrons. The monoisotopic (exact) mass is 336 g/mol. The van der Waals surface area contributed by atoms with E-state index in [0.29, 0.717) is 5.41 Å². The normalized spacial score (nSPS) is 21.4. The summed E-state index contributed by atoms with van der Waals surface area (Å²) in [5.41, 5.74) is 2.03. The zero-order valence-corrected chi connectivity index (χ0v) is 15.0. The first-order valence-corrected chi connectivity index (χ1v) is 9.56. The van der Waals surface area contributed by atoms with E-state index in [2.05, 4.69) is 50.1 Å². The Bertz CT molecular complexity index is 579. The fourth-order valence-electron chi connectivity index (χ4n) is 4.32. The molecular formula is C21H28N4. The van der Waals surface area contributed by atoms with Crippen molar-refractivity contribution in [2.24, 2.45) is 5.41 Å². The second-order valence-electron chi connectivity index (χ2n) is 7.70. The average molecular weight is 336 g/mol. The Morgan fingerprint density at radius 1 is 0.720 bits per heavy atom. The first-order chi connectivity index (χ1) is 12.3. The third kappa shape index (κ3) is 4.25. The van der Waals surface area contributed by atoms with Crippen molar-refractivity contribution < 1.29 is 0 Å². The molecule has 1 aromatic heterocycles. The van der Waals surface area contributed by atoms with Crippen molar-refractivity contribution in [1.82, 2.24) is 19.8 Å². The number of hydrogen-bond acceptors (Lipinski definition) is 4. The Balaban J connectivity index is 1.25. The number of benzene rings is 1. The van der Waals surface area contributed by atoms with Crippen LogP contribution in [0.4, 0.5) is 0 Å². The minimum atomic E-state index is 0.585. The zero-order chi connectivity index (χ0) is 17.0. The maximum atomic E-state index is 4.37. The summed E-state index contributed by atoms with van der Waals surface area (Å²) in [4.78, 5) is 13.9. The van der Waals surface area contributed by atoms with Gasteiger partial charge < -0.3 is 0 Å². The number of nitrogens with zero attached hydrogens (tertiary/aromatic N) is 4. The van der Waals surface area contributed by atoms with Gasteiger partial charge in [0.25, 0.3) is 0 Å². The summed E-state index contributed by atoms with van der Waals surface area (Å²) >= 11 is 0. The van der Waals surface area contributed by atoms with Crippen LogP contribution in [0.2, 0.25) is 0 Å². The van der Waals surface area contributed by atoms with Gasteiger partial charge in [-0.3, -0.25) is 9.80 Å². The van der Waals surface area contributed by atoms with Crippen LogP contribution < -0.4 is 0 Å². The molecule has 1 spiro atoms. The lowest BCUT2D eigenvalue weighted by atomic mass is 9.71. The van der Waals surface area contributed by atoms with Gasteiger partial charge in [0.05, 0.1) is 6.54 Å². The van der Waals surface area contributed by atoms with Crippen LogP contribution in [0.15, 0.2) is 48.8 Å². The Morgan fingerprint density at radius 2 is 1.28 bits per heavy atom. The van der Waals surface area contributed by atoms with Gasteiger partial charge in [-0.1, -0.05) is 30.3 Å². The Hall–Kier alpha value is -1.78. The predicted molar refractivity (Wildman–Crippen MR) is 99.9 cm³/mol. The summed E-state index contributed by atoms with van der Waals surface area (Å²) in [6.45, 7) is 6.88. The van der Waals surface area contributed by atoms with Gasteiger partial charge >= 0.3 is 0 Å². The van der Waals surface area contributed by atoms with Crippen molar-refractivity contribution in [3.8, 4) is 0 Å². The molecule has 0 unspecified atom stereocenters. The van der Waals surface area contributed by atoms with Gasteiger partial charge in [0, 0.05) is 18.9 Å². The third-order valence-electron chi connectivity index (χ3n) is 6.07. The van der Waals surface area contributed by atoms with Gasteiger partial charge in [-0.2, -0.15) is 0 Å². The van der Waals surface area contributed by atoms with E-state index in [0.717, 1.165) is 18.9 Å². The van der Waals surface area contributed by atoms with Crippen LogP contribution in [0.5, 0.6) is 0 Å². The van der Waals surface area contributed by atoms with Gasteiger partial charge in [-0.05, 0) is 68.9 Å². The van der Waals surface area contributed by atoms with Crippen molar-refractivity contribution in [3.63, 3.8) is 0 Å². The molecule has 0 saturated carbocycles. The fourth-order valence-corrected chi connectivity index (χ4v) is 4.32. The highest BCUT2D eigenvalue weighted by molar-refractivity contribution is 5.14. The second kappa shape index (κ2) is 7.63. The van der Waals surface area contributed by atoms with Crippen LogP contribution in [-0.4, -0.2) is 45.9 Å². The largest absolute Gasteiger partial charge is 0.299 e. The molecule has 2 aliphatic rings. The Labute approximate surface area is 150 Å². The summed E-state index contributed by atoms with van der Waals surface area (Å²) in [5.74, 6) is 0.955. The molecule has 2 aliphatic heterocycles. The van der Waals surface area contributed by atoms with E-state index < -0.39 is 0 Å². The predicted octanol–water partition coefficient (Wildman–Crippen LogP) is 3.35. The molecule has 0 aliphatic carbocycles. The number of likely N-dealkylation sites (tertiary alicyclic amines) is 2. The van der Waals surface area contributed by atoms with E-state index in [1.54, 1.807) is 0 Å². The van der Waals surface area contributed by atoms with Crippen LogP contribution in [0.1, 0.15) is 37.1 Å². The van der Waals surface area contributed by atoms with Crippen molar-refractivity contribution in [2.45, 2.75) is 38.8 Å². The van der Waals surface area contributed by atoms with Crippen LogP contribution >= 0.6 is 0 Å². The van der Waals surface area contributed by atoms with E-state index in [-0.39, 0.29) is 0 Å². The maximum Gasteiger partial charge on any atom is 0.142 e. The molecule has 0 amide bonds. The lowest BCUT2D eigenvalue weighted by Crippen LogP contribution is -2.46. The summed E-state index contributed by atoms with van der Waals surface area (Å²) in [6.07, 6.45) is 9.06. The molecular weight excluding hydrogens is 308 g/mol. The summed E-state index contributed by atoms with van der Waals surface area (Å²) < 4.78 is 0. The molecule has 4 heteroatoms. The quantitative estimate of drug-likeness (QED) is 0.857. The maximum absolute atomic E-state index is 4.37. The lowest BCUT2D eigenvalue weighted by molar-refractivity contribution is 0.0292. The fraction of sp³-hybridized carbons (Fsp3) is 0.524. The molecule has 25 heavy (non-hydrogen) atoms. The summed E-state index contributed by atoms with van der Waals surface area (Å²) in [5, 5.41) is 0. The van der Waals surface area contributed by atoms with Crippen LogP contribution in [-0.2, 0) is 13.1 Å². The van der Waals surface area contributed by atoms with Gasteiger partial charge in [0.1, 0.15) is 5.82 Å². The molecule has 0 N–H and O–H groups in total. The van der Waals surface area contributed by atoms with Gasteiger partial charge in [-0.15, -0.1) is 0 Å². The molecule has 2 saturated heterocycles. The molecule has 3 heterocycles. The van der Waals surface area contributed by atoms with Crippen LogP contribution in [0.25, 0.3) is 0 Å². The van der Waals surface area contributed by atoms with Crippen LogP contribution in [0.3, 0.4) is 0 Å². The standard InChI is InChI=1S/C21H28N4/c1-2-5-19(6-3-1)17-24-13-7-21(8-14-24)9-15-25(16-10-21)18-20-22-11-4-12-23-20/h1-6,11-12H,7-10,13-18H2. The molecule has 0 bridgehead atoms. The molecule has 132 valence electrons. The van der Waals surface area contributed by atoms with Crippen molar-refractivity contribution >= 4 is 0 Å². The SMILES string of the molecule is c1ccc(CN2CCC3(CC2)CCN(Cc2ncccn2)CC3)cc1. The third-order valence-corrected chi connectivity index (χ3v) is 6.07. The molecule has 1 aromatic carbocycles. The zero-order valence-electron chi connectivity index (χ0n) is 15.0. The first-order valence-electron chi connectivity index (χ1n) is 9.56. The summed E-state index contributed by atoms with van der Waals surface area (Å²) in [7, 11) is 0. The number of rotatable bonds is 4. The molecule has 2 aromatic rings. The minimum absolute atomic E-state index is 0.585. The van der Waals surface area contributed by atoms with E-state index in [1.165, 1.54) is 57.4 Å². The Morgan fingerprint density at radius 3 is 1.88 bits per heavy atom. The first kappa shape index (κ1) is 16.7. The van der Waals surface area contributed by atoms with Crippen molar-refractivity contribution in [3.05, 3.63) is 60.2 Å². The van der Waals surface area contributed by atoms with E-state index in [4.69, 9.17) is 0 Å². The molecule has 4 rings (SSSR count).